The van der Waals surface area contributed by atoms with Gasteiger partial charge in [0.2, 0.25) is 0 Å². The van der Waals surface area contributed by atoms with E-state index in [9.17, 15) is 13.2 Å². The minimum absolute atomic E-state index is 0.0127. The molecule has 100 valence electrons. The topological polar surface area (TPSA) is 35.2 Å². The Morgan fingerprint density at radius 3 is 2.67 bits per heavy atom. The molecule has 1 fully saturated rings. The van der Waals surface area contributed by atoms with Crippen LogP contribution in [-0.2, 0) is 10.9 Å². The van der Waals surface area contributed by atoms with Crippen molar-refractivity contribution in [2.24, 2.45) is 5.73 Å². The van der Waals surface area contributed by atoms with Gasteiger partial charge in [0, 0.05) is 12.6 Å². The van der Waals surface area contributed by atoms with Crippen LogP contribution in [0.15, 0.2) is 24.3 Å². The third-order valence-corrected chi connectivity index (χ3v) is 3.21. The van der Waals surface area contributed by atoms with Crippen molar-refractivity contribution >= 4 is 0 Å². The van der Waals surface area contributed by atoms with Crippen LogP contribution in [0.5, 0.6) is 0 Å². The van der Waals surface area contributed by atoms with Crippen LogP contribution in [0.2, 0.25) is 0 Å². The van der Waals surface area contributed by atoms with E-state index in [1.54, 1.807) is 6.07 Å². The van der Waals surface area contributed by atoms with E-state index in [1.165, 1.54) is 12.1 Å². The predicted octanol–water partition coefficient (Wildman–Crippen LogP) is 3.27. The first kappa shape index (κ1) is 13.4. The number of halogens is 3. The Hall–Kier alpha value is -1.07. The SMILES string of the molecule is NC(CC1CCCO1)c1ccccc1C(F)(F)F. The summed E-state index contributed by atoms with van der Waals surface area (Å²) in [5.41, 5.74) is 5.40. The molecule has 5 heteroatoms. The fourth-order valence-electron chi connectivity index (χ4n) is 2.32. The molecule has 1 saturated heterocycles. The molecule has 0 aromatic heterocycles. The second-order valence-corrected chi connectivity index (χ2v) is 4.56. The molecular formula is C13H16F3NO. The van der Waals surface area contributed by atoms with Gasteiger partial charge in [-0.1, -0.05) is 18.2 Å². The van der Waals surface area contributed by atoms with Gasteiger partial charge in [0.15, 0.2) is 0 Å². The van der Waals surface area contributed by atoms with Gasteiger partial charge in [-0.05, 0) is 30.9 Å². The summed E-state index contributed by atoms with van der Waals surface area (Å²) in [6, 6.07) is 4.85. The van der Waals surface area contributed by atoms with E-state index >= 15 is 0 Å². The summed E-state index contributed by atoms with van der Waals surface area (Å²) in [7, 11) is 0. The first-order valence-electron chi connectivity index (χ1n) is 6.02. The minimum Gasteiger partial charge on any atom is -0.378 e. The van der Waals surface area contributed by atoms with E-state index in [-0.39, 0.29) is 11.7 Å². The van der Waals surface area contributed by atoms with E-state index in [0.29, 0.717) is 13.0 Å². The van der Waals surface area contributed by atoms with Crippen molar-refractivity contribution < 1.29 is 17.9 Å². The standard InChI is InChI=1S/C13H16F3NO/c14-13(15,16)11-6-2-1-5-10(11)12(17)8-9-4-3-7-18-9/h1-2,5-6,9,12H,3-4,7-8,17H2. The summed E-state index contributed by atoms with van der Waals surface area (Å²) in [4.78, 5) is 0. The molecule has 0 spiro atoms. The third-order valence-electron chi connectivity index (χ3n) is 3.21. The first-order valence-corrected chi connectivity index (χ1v) is 6.02. The average Bonchev–Trinajstić information content (AvgIpc) is 2.80. The van der Waals surface area contributed by atoms with Crippen molar-refractivity contribution in [3.63, 3.8) is 0 Å². The molecule has 1 aliphatic rings. The van der Waals surface area contributed by atoms with Gasteiger partial charge in [0.25, 0.3) is 0 Å². The Morgan fingerprint density at radius 1 is 1.33 bits per heavy atom. The number of ether oxygens (including phenoxy) is 1. The first-order chi connectivity index (χ1) is 8.48. The van der Waals surface area contributed by atoms with E-state index in [1.807, 2.05) is 0 Å². The van der Waals surface area contributed by atoms with Gasteiger partial charge in [-0.15, -0.1) is 0 Å². The lowest BCUT2D eigenvalue weighted by Gasteiger charge is -2.20. The average molecular weight is 259 g/mol. The zero-order valence-corrected chi connectivity index (χ0v) is 9.91. The lowest BCUT2D eigenvalue weighted by Crippen LogP contribution is -2.21. The van der Waals surface area contributed by atoms with E-state index in [2.05, 4.69) is 0 Å². The molecule has 1 aliphatic heterocycles. The van der Waals surface area contributed by atoms with Crippen LogP contribution in [0.3, 0.4) is 0 Å². The van der Waals surface area contributed by atoms with Gasteiger partial charge in [0.05, 0.1) is 11.7 Å². The molecule has 0 bridgehead atoms. The molecular weight excluding hydrogens is 243 g/mol. The summed E-state index contributed by atoms with van der Waals surface area (Å²) in [6.45, 7) is 0.679. The van der Waals surface area contributed by atoms with Crippen LogP contribution in [0.25, 0.3) is 0 Å². The summed E-state index contributed by atoms with van der Waals surface area (Å²) in [5.74, 6) is 0. The Kier molecular flexibility index (Phi) is 3.92. The van der Waals surface area contributed by atoms with Crippen molar-refractivity contribution in [2.45, 2.75) is 37.6 Å². The lowest BCUT2D eigenvalue weighted by atomic mass is 9.95. The summed E-state index contributed by atoms with van der Waals surface area (Å²) in [6.07, 6.45) is -2.10. The maximum absolute atomic E-state index is 12.8. The Balaban J connectivity index is 2.16. The van der Waals surface area contributed by atoms with E-state index in [4.69, 9.17) is 10.5 Å². The molecule has 1 aromatic carbocycles. The highest BCUT2D eigenvalue weighted by Crippen LogP contribution is 2.35. The lowest BCUT2D eigenvalue weighted by molar-refractivity contribution is -0.138. The molecule has 2 atom stereocenters. The molecule has 1 heterocycles. The number of hydrogen-bond acceptors (Lipinski definition) is 2. The van der Waals surface area contributed by atoms with Crippen LogP contribution in [0, 0.1) is 0 Å². The van der Waals surface area contributed by atoms with Crippen LogP contribution < -0.4 is 5.73 Å². The largest absolute Gasteiger partial charge is 0.416 e. The maximum atomic E-state index is 12.8. The molecule has 2 rings (SSSR count). The number of nitrogens with two attached hydrogens (primary N) is 1. The fraction of sp³-hybridized carbons (Fsp3) is 0.538. The maximum Gasteiger partial charge on any atom is 0.416 e. The number of rotatable bonds is 3. The summed E-state index contributed by atoms with van der Waals surface area (Å²) >= 11 is 0. The highest BCUT2D eigenvalue weighted by molar-refractivity contribution is 5.32. The highest BCUT2D eigenvalue weighted by Gasteiger charge is 2.34. The van der Waals surface area contributed by atoms with Crippen LogP contribution in [0.4, 0.5) is 13.2 Å². The smallest absolute Gasteiger partial charge is 0.378 e. The second-order valence-electron chi connectivity index (χ2n) is 4.56. The molecule has 2 nitrogen and oxygen atoms in total. The Labute approximate surface area is 104 Å². The number of benzene rings is 1. The van der Waals surface area contributed by atoms with Crippen molar-refractivity contribution in [3.05, 3.63) is 35.4 Å². The molecule has 2 N–H and O–H groups in total. The van der Waals surface area contributed by atoms with Gasteiger partial charge in [-0.2, -0.15) is 13.2 Å². The number of alkyl halides is 3. The minimum atomic E-state index is -4.36. The Morgan fingerprint density at radius 2 is 2.06 bits per heavy atom. The van der Waals surface area contributed by atoms with Gasteiger partial charge >= 0.3 is 6.18 Å². The van der Waals surface area contributed by atoms with Crippen LogP contribution >= 0.6 is 0 Å². The molecule has 1 aromatic rings. The Bertz CT molecular complexity index is 399. The van der Waals surface area contributed by atoms with E-state index < -0.39 is 17.8 Å². The van der Waals surface area contributed by atoms with Crippen LogP contribution in [0.1, 0.15) is 36.4 Å². The predicted molar refractivity (Wildman–Crippen MR) is 62.0 cm³/mol. The zero-order valence-electron chi connectivity index (χ0n) is 9.91. The molecule has 0 radical (unpaired) electrons. The number of hydrogen-bond donors (Lipinski definition) is 1. The molecule has 2 unspecified atom stereocenters. The normalized spacial score (nSPS) is 22.1. The van der Waals surface area contributed by atoms with Gasteiger partial charge in [-0.25, -0.2) is 0 Å². The van der Waals surface area contributed by atoms with Gasteiger partial charge in [0.1, 0.15) is 0 Å². The quantitative estimate of drug-likeness (QED) is 0.904. The zero-order chi connectivity index (χ0) is 13.2. The summed E-state index contributed by atoms with van der Waals surface area (Å²) < 4.78 is 43.9. The molecule has 0 amide bonds. The second kappa shape index (κ2) is 5.28. The van der Waals surface area contributed by atoms with E-state index in [0.717, 1.165) is 18.9 Å². The van der Waals surface area contributed by atoms with Gasteiger partial charge < -0.3 is 10.5 Å². The highest BCUT2D eigenvalue weighted by atomic mass is 19.4. The van der Waals surface area contributed by atoms with Crippen molar-refractivity contribution in [1.82, 2.24) is 0 Å². The fourth-order valence-corrected chi connectivity index (χ4v) is 2.32. The third kappa shape index (κ3) is 3.03. The van der Waals surface area contributed by atoms with Crippen molar-refractivity contribution in [3.8, 4) is 0 Å². The van der Waals surface area contributed by atoms with Crippen molar-refractivity contribution in [2.75, 3.05) is 6.61 Å². The molecule has 18 heavy (non-hydrogen) atoms. The van der Waals surface area contributed by atoms with Crippen molar-refractivity contribution in [1.29, 1.82) is 0 Å². The monoisotopic (exact) mass is 259 g/mol. The van der Waals surface area contributed by atoms with Gasteiger partial charge in [-0.3, -0.25) is 0 Å². The molecule has 0 aliphatic carbocycles. The van der Waals surface area contributed by atoms with Crippen LogP contribution in [-0.4, -0.2) is 12.7 Å². The summed E-state index contributed by atoms with van der Waals surface area (Å²) in [5, 5.41) is 0. The molecule has 0 saturated carbocycles.